The number of nitrogens with two attached hydrogens (primary N) is 1. The molecule has 0 atom stereocenters. The topological polar surface area (TPSA) is 63.4 Å². The molecule has 0 bridgehead atoms. The molecule has 1 saturated heterocycles. The van der Waals surface area contributed by atoms with Gasteiger partial charge in [-0.2, -0.15) is 0 Å². The first kappa shape index (κ1) is 15.1. The third-order valence-corrected chi connectivity index (χ3v) is 7.09. The first-order chi connectivity index (χ1) is 9.47. The molecular weight excluding hydrogens is 315 g/mol. The molecule has 4 nitrogen and oxygen atoms in total. The minimum absolute atomic E-state index is 0.119. The fourth-order valence-corrected chi connectivity index (χ4v) is 5.43. The van der Waals surface area contributed by atoms with Crippen molar-refractivity contribution >= 4 is 31.9 Å². The van der Waals surface area contributed by atoms with Crippen molar-refractivity contribution in [1.29, 1.82) is 0 Å². The number of amides is 2. The average molecular weight is 335 g/mol. The van der Waals surface area contributed by atoms with Gasteiger partial charge in [-0.15, -0.1) is 0 Å². The molecule has 1 aromatic carbocycles. The number of primary amides is 1. The predicted molar refractivity (Wildman–Crippen MR) is 80.1 cm³/mol. The molecule has 0 aliphatic carbocycles. The molecule has 2 amide bonds. The molecule has 1 aliphatic rings. The number of carbonyl (C=O) groups is 2. The van der Waals surface area contributed by atoms with Crippen molar-refractivity contribution in [2.75, 3.05) is 13.1 Å². The van der Waals surface area contributed by atoms with E-state index in [2.05, 4.69) is 32.0 Å². The minimum atomic E-state index is -0.841. The molecular formula is C15H20AsN2O2. The standard InChI is InChI=1S/C15H20AsN2O2/c1-10-3-4-11(2)13(9-10)16-12-5-7-18(8-6-12)15(20)14(17)19/h3-4,9,12H,5-8H2,1-2H3,(H2,17,19). The van der Waals surface area contributed by atoms with Gasteiger partial charge >= 0.3 is 126 Å². The van der Waals surface area contributed by atoms with Gasteiger partial charge in [0, 0.05) is 0 Å². The van der Waals surface area contributed by atoms with E-state index in [-0.39, 0.29) is 15.8 Å². The Kier molecular flexibility index (Phi) is 4.87. The van der Waals surface area contributed by atoms with Gasteiger partial charge in [0.2, 0.25) is 0 Å². The van der Waals surface area contributed by atoms with E-state index in [1.165, 1.54) is 15.5 Å². The van der Waals surface area contributed by atoms with Crippen LogP contribution in [0.5, 0.6) is 0 Å². The summed E-state index contributed by atoms with van der Waals surface area (Å²) in [6.07, 6.45) is 1.96. The summed E-state index contributed by atoms with van der Waals surface area (Å²) in [5.74, 6) is -1.38. The summed E-state index contributed by atoms with van der Waals surface area (Å²) in [5, 5.41) is 0. The van der Waals surface area contributed by atoms with E-state index in [9.17, 15) is 9.59 Å². The van der Waals surface area contributed by atoms with Crippen LogP contribution in [0.4, 0.5) is 0 Å². The van der Waals surface area contributed by atoms with Gasteiger partial charge in [-0.25, -0.2) is 0 Å². The van der Waals surface area contributed by atoms with E-state index in [0.29, 0.717) is 17.8 Å². The zero-order valence-electron chi connectivity index (χ0n) is 11.9. The average Bonchev–Trinajstić information content (AvgIpc) is 2.43. The van der Waals surface area contributed by atoms with Gasteiger partial charge in [0.1, 0.15) is 0 Å². The second kappa shape index (κ2) is 6.45. The number of piperidine rings is 1. The SMILES string of the molecule is Cc1ccc(C)c([As]C2CCN(C(=O)C(N)=O)CC2)c1. The van der Waals surface area contributed by atoms with Crippen LogP contribution in [0.2, 0.25) is 4.71 Å². The number of carbonyl (C=O) groups excluding carboxylic acids is 2. The van der Waals surface area contributed by atoms with Crippen LogP contribution >= 0.6 is 0 Å². The zero-order chi connectivity index (χ0) is 14.7. The fraction of sp³-hybridized carbons (Fsp3) is 0.467. The number of rotatable bonds is 2. The third kappa shape index (κ3) is 3.63. The number of hydrogen-bond acceptors (Lipinski definition) is 2. The molecule has 2 N–H and O–H groups in total. The number of likely N-dealkylation sites (tertiary alicyclic amines) is 1. The van der Waals surface area contributed by atoms with Crippen molar-refractivity contribution in [2.45, 2.75) is 31.4 Å². The van der Waals surface area contributed by atoms with Crippen molar-refractivity contribution < 1.29 is 9.59 Å². The first-order valence-corrected chi connectivity index (χ1v) is 8.86. The number of hydrogen-bond donors (Lipinski definition) is 1. The Morgan fingerprint density at radius 2 is 1.90 bits per heavy atom. The summed E-state index contributed by atoms with van der Waals surface area (Å²) in [5.41, 5.74) is 7.71. The third-order valence-electron chi connectivity index (χ3n) is 3.65. The Bertz CT molecular complexity index is 523. The van der Waals surface area contributed by atoms with Crippen molar-refractivity contribution in [1.82, 2.24) is 4.90 Å². The maximum atomic E-state index is 11.5. The molecule has 1 aromatic rings. The van der Waals surface area contributed by atoms with Crippen LogP contribution in [0.15, 0.2) is 18.2 Å². The van der Waals surface area contributed by atoms with E-state index < -0.39 is 11.8 Å². The van der Waals surface area contributed by atoms with Crippen LogP contribution < -0.4 is 10.1 Å². The van der Waals surface area contributed by atoms with Crippen molar-refractivity contribution in [3.8, 4) is 0 Å². The number of aryl methyl sites for hydroxylation is 2. The zero-order valence-corrected chi connectivity index (χ0v) is 13.8. The van der Waals surface area contributed by atoms with Gasteiger partial charge in [-0.3, -0.25) is 0 Å². The summed E-state index contributed by atoms with van der Waals surface area (Å²) >= 11 is 0.119. The Hall–Kier alpha value is -1.28. The molecule has 0 unspecified atom stereocenters. The molecule has 2 rings (SSSR count). The molecule has 1 heterocycles. The van der Waals surface area contributed by atoms with Gasteiger partial charge < -0.3 is 0 Å². The molecule has 1 radical (unpaired) electrons. The normalized spacial score (nSPS) is 16.8. The van der Waals surface area contributed by atoms with E-state index in [1.807, 2.05) is 0 Å². The van der Waals surface area contributed by atoms with Crippen LogP contribution in [0.1, 0.15) is 24.0 Å². The van der Waals surface area contributed by atoms with Crippen LogP contribution in [0.3, 0.4) is 0 Å². The molecule has 1 aliphatic heterocycles. The Balaban J connectivity index is 1.93. The Labute approximate surface area is 126 Å². The van der Waals surface area contributed by atoms with Crippen molar-refractivity contribution in [3.63, 3.8) is 0 Å². The van der Waals surface area contributed by atoms with Crippen molar-refractivity contribution in [2.24, 2.45) is 5.73 Å². The summed E-state index contributed by atoms with van der Waals surface area (Å²) in [7, 11) is 0. The maximum absolute atomic E-state index is 11.5. The summed E-state index contributed by atoms with van der Waals surface area (Å²) in [4.78, 5) is 24.0. The van der Waals surface area contributed by atoms with Gasteiger partial charge in [-0.1, -0.05) is 0 Å². The second-order valence-corrected chi connectivity index (χ2v) is 8.39. The fourth-order valence-electron chi connectivity index (χ4n) is 2.41. The van der Waals surface area contributed by atoms with E-state index in [0.717, 1.165) is 12.8 Å². The molecule has 107 valence electrons. The Morgan fingerprint density at radius 3 is 2.50 bits per heavy atom. The first-order valence-electron chi connectivity index (χ1n) is 6.84. The molecule has 5 heteroatoms. The van der Waals surface area contributed by atoms with Crippen LogP contribution in [0.25, 0.3) is 0 Å². The van der Waals surface area contributed by atoms with E-state index in [1.54, 1.807) is 4.90 Å². The second-order valence-electron chi connectivity index (χ2n) is 5.31. The van der Waals surface area contributed by atoms with Crippen LogP contribution in [0, 0.1) is 13.8 Å². The summed E-state index contributed by atoms with van der Waals surface area (Å²) < 4.78 is 2.16. The number of nitrogens with zero attached hydrogens (tertiary/aromatic N) is 1. The van der Waals surface area contributed by atoms with Gasteiger partial charge in [0.15, 0.2) is 0 Å². The molecule has 0 saturated carbocycles. The summed E-state index contributed by atoms with van der Waals surface area (Å²) in [6.45, 7) is 5.61. The van der Waals surface area contributed by atoms with Gasteiger partial charge in [-0.05, 0) is 0 Å². The predicted octanol–water partition coefficient (Wildman–Crippen LogP) is 0.529. The number of benzene rings is 1. The van der Waals surface area contributed by atoms with Crippen LogP contribution in [-0.2, 0) is 9.59 Å². The van der Waals surface area contributed by atoms with Gasteiger partial charge in [0.05, 0.1) is 0 Å². The van der Waals surface area contributed by atoms with Crippen LogP contribution in [-0.4, -0.2) is 45.6 Å². The van der Waals surface area contributed by atoms with Crippen molar-refractivity contribution in [3.05, 3.63) is 29.3 Å². The van der Waals surface area contributed by atoms with E-state index in [4.69, 9.17) is 5.73 Å². The van der Waals surface area contributed by atoms with Gasteiger partial charge in [0.25, 0.3) is 0 Å². The monoisotopic (exact) mass is 335 g/mol. The molecule has 20 heavy (non-hydrogen) atoms. The Morgan fingerprint density at radius 1 is 1.25 bits per heavy atom. The summed E-state index contributed by atoms with van der Waals surface area (Å²) in [6, 6.07) is 6.62. The molecule has 0 spiro atoms. The van der Waals surface area contributed by atoms with E-state index >= 15 is 0 Å². The molecule has 0 aromatic heterocycles. The quantitative estimate of drug-likeness (QED) is 0.633. The molecule has 1 fully saturated rings.